The topological polar surface area (TPSA) is 74.2 Å². The first-order chi connectivity index (χ1) is 9.40. The molecule has 0 aliphatic heterocycles. The maximum atomic E-state index is 11.7. The fourth-order valence-electron chi connectivity index (χ4n) is 1.52. The highest BCUT2D eigenvalue weighted by Crippen LogP contribution is 2.15. The number of nitrogens with zero attached hydrogens (tertiary/aromatic N) is 1. The molecule has 0 atom stereocenters. The van der Waals surface area contributed by atoms with Crippen LogP contribution in [0.15, 0.2) is 24.3 Å². The second kappa shape index (κ2) is 7.51. The molecule has 0 unspecified atom stereocenters. The van der Waals surface area contributed by atoms with Gasteiger partial charge in [-0.2, -0.15) is 5.26 Å². The highest BCUT2D eigenvalue weighted by atomic mass is 16.5. The van der Waals surface area contributed by atoms with Gasteiger partial charge in [-0.25, -0.2) is 0 Å². The Balaban J connectivity index is 2.37. The summed E-state index contributed by atoms with van der Waals surface area (Å²) in [6.45, 7) is 6.84. The molecule has 0 saturated carbocycles. The number of amides is 1. The largest absolute Gasteiger partial charge is 0.479 e. The van der Waals surface area contributed by atoms with Gasteiger partial charge in [-0.3, -0.25) is 4.79 Å². The standard InChI is InChI=1S/C15H21N3O2/c1-15(2,3)17-10-8-14(19)18-12-4-6-13(7-5-12)20-11-9-16/h4-7,17H,8,10-11H2,1-3H3,(H,18,19). The molecule has 0 fully saturated rings. The smallest absolute Gasteiger partial charge is 0.225 e. The zero-order chi connectivity index (χ0) is 15.0. The van der Waals surface area contributed by atoms with Crippen LogP contribution < -0.4 is 15.4 Å². The highest BCUT2D eigenvalue weighted by Gasteiger charge is 2.09. The summed E-state index contributed by atoms with van der Waals surface area (Å²) in [5.74, 6) is 0.575. The Kier molecular flexibility index (Phi) is 6.01. The third kappa shape index (κ3) is 6.76. The molecule has 1 rings (SSSR count). The van der Waals surface area contributed by atoms with Crippen molar-refractivity contribution in [1.29, 1.82) is 5.26 Å². The van der Waals surface area contributed by atoms with Crippen LogP contribution in [0, 0.1) is 11.3 Å². The van der Waals surface area contributed by atoms with Gasteiger partial charge in [0.25, 0.3) is 0 Å². The van der Waals surface area contributed by atoms with Crippen LogP contribution in [0.25, 0.3) is 0 Å². The average Bonchev–Trinajstić information content (AvgIpc) is 2.36. The molecule has 0 radical (unpaired) electrons. The number of ether oxygens (including phenoxy) is 1. The van der Waals surface area contributed by atoms with E-state index in [-0.39, 0.29) is 18.1 Å². The van der Waals surface area contributed by atoms with Gasteiger partial charge in [-0.05, 0) is 45.0 Å². The van der Waals surface area contributed by atoms with E-state index in [1.807, 2.05) is 6.07 Å². The van der Waals surface area contributed by atoms with Crippen molar-refractivity contribution < 1.29 is 9.53 Å². The van der Waals surface area contributed by atoms with Gasteiger partial charge in [0.2, 0.25) is 5.91 Å². The van der Waals surface area contributed by atoms with Crippen molar-refractivity contribution in [2.24, 2.45) is 0 Å². The zero-order valence-electron chi connectivity index (χ0n) is 12.2. The number of anilines is 1. The Bertz CT molecular complexity index is 469. The van der Waals surface area contributed by atoms with Gasteiger partial charge >= 0.3 is 0 Å². The fourth-order valence-corrected chi connectivity index (χ4v) is 1.52. The van der Waals surface area contributed by atoms with Gasteiger partial charge in [0.05, 0.1) is 0 Å². The molecule has 0 spiro atoms. The van der Waals surface area contributed by atoms with Crippen LogP contribution in [0.3, 0.4) is 0 Å². The van der Waals surface area contributed by atoms with Crippen molar-refractivity contribution in [1.82, 2.24) is 5.32 Å². The number of carbonyl (C=O) groups excluding carboxylic acids is 1. The molecular formula is C15H21N3O2. The quantitative estimate of drug-likeness (QED) is 0.835. The number of hydrogen-bond donors (Lipinski definition) is 2. The van der Waals surface area contributed by atoms with Gasteiger partial charge in [-0.15, -0.1) is 0 Å². The van der Waals surface area contributed by atoms with Crippen LogP contribution in [-0.2, 0) is 4.79 Å². The number of nitriles is 1. The molecule has 0 saturated heterocycles. The first-order valence-electron chi connectivity index (χ1n) is 6.55. The number of rotatable bonds is 6. The monoisotopic (exact) mass is 275 g/mol. The Morgan fingerprint density at radius 3 is 2.50 bits per heavy atom. The molecule has 1 aromatic rings. The van der Waals surface area contributed by atoms with Crippen molar-refractivity contribution in [2.45, 2.75) is 32.7 Å². The molecule has 2 N–H and O–H groups in total. The van der Waals surface area contributed by atoms with Crippen molar-refractivity contribution >= 4 is 11.6 Å². The van der Waals surface area contributed by atoms with Crippen molar-refractivity contribution in [3.8, 4) is 11.8 Å². The highest BCUT2D eigenvalue weighted by molar-refractivity contribution is 5.90. The van der Waals surface area contributed by atoms with Crippen LogP contribution in [0.5, 0.6) is 5.75 Å². The summed E-state index contributed by atoms with van der Waals surface area (Å²) in [5.41, 5.74) is 0.732. The van der Waals surface area contributed by atoms with Crippen LogP contribution in [0.4, 0.5) is 5.69 Å². The number of hydrogen-bond acceptors (Lipinski definition) is 4. The lowest BCUT2D eigenvalue weighted by Gasteiger charge is -2.20. The molecule has 0 aliphatic rings. The van der Waals surface area contributed by atoms with Crippen molar-refractivity contribution in [3.05, 3.63) is 24.3 Å². The van der Waals surface area contributed by atoms with Crippen LogP contribution in [0.2, 0.25) is 0 Å². The minimum Gasteiger partial charge on any atom is -0.479 e. The summed E-state index contributed by atoms with van der Waals surface area (Å²) in [7, 11) is 0. The zero-order valence-corrected chi connectivity index (χ0v) is 12.2. The second-order valence-electron chi connectivity index (χ2n) is 5.45. The summed E-state index contributed by atoms with van der Waals surface area (Å²) in [6, 6.07) is 8.85. The molecular weight excluding hydrogens is 254 g/mol. The Labute approximate surface area is 119 Å². The Morgan fingerprint density at radius 1 is 1.30 bits per heavy atom. The molecule has 20 heavy (non-hydrogen) atoms. The third-order valence-electron chi connectivity index (χ3n) is 2.45. The third-order valence-corrected chi connectivity index (χ3v) is 2.45. The van der Waals surface area contributed by atoms with Gasteiger partial charge < -0.3 is 15.4 Å². The van der Waals surface area contributed by atoms with Crippen molar-refractivity contribution in [2.75, 3.05) is 18.5 Å². The number of nitrogens with one attached hydrogen (secondary N) is 2. The fraction of sp³-hybridized carbons (Fsp3) is 0.467. The molecule has 5 nitrogen and oxygen atoms in total. The van der Waals surface area contributed by atoms with E-state index in [1.54, 1.807) is 24.3 Å². The predicted octanol–water partition coefficient (Wildman–Crippen LogP) is 2.31. The predicted molar refractivity (Wildman–Crippen MR) is 78.6 cm³/mol. The summed E-state index contributed by atoms with van der Waals surface area (Å²) in [6.07, 6.45) is 0.421. The molecule has 1 aromatic carbocycles. The van der Waals surface area contributed by atoms with E-state index in [4.69, 9.17) is 10.00 Å². The Morgan fingerprint density at radius 2 is 1.95 bits per heavy atom. The minimum atomic E-state index is -0.0348. The van der Waals surface area contributed by atoms with E-state index < -0.39 is 0 Å². The van der Waals surface area contributed by atoms with E-state index in [0.29, 0.717) is 18.7 Å². The average molecular weight is 275 g/mol. The number of benzene rings is 1. The Hall–Kier alpha value is -2.06. The molecule has 108 valence electrons. The number of carbonyl (C=O) groups is 1. The van der Waals surface area contributed by atoms with E-state index >= 15 is 0 Å². The van der Waals surface area contributed by atoms with Gasteiger partial charge in [0.15, 0.2) is 6.61 Å². The maximum absolute atomic E-state index is 11.7. The summed E-state index contributed by atoms with van der Waals surface area (Å²) in [5, 5.41) is 14.5. The first kappa shape index (κ1) is 16.0. The van der Waals surface area contributed by atoms with E-state index in [1.165, 1.54) is 0 Å². The first-order valence-corrected chi connectivity index (χ1v) is 6.55. The summed E-state index contributed by atoms with van der Waals surface area (Å²) in [4.78, 5) is 11.7. The van der Waals surface area contributed by atoms with Crippen LogP contribution in [-0.4, -0.2) is 24.6 Å². The van der Waals surface area contributed by atoms with Crippen molar-refractivity contribution in [3.63, 3.8) is 0 Å². The van der Waals surface area contributed by atoms with E-state index in [2.05, 4.69) is 31.4 Å². The molecule has 5 heteroatoms. The van der Waals surface area contributed by atoms with E-state index in [0.717, 1.165) is 5.69 Å². The van der Waals surface area contributed by atoms with Crippen LogP contribution >= 0.6 is 0 Å². The minimum absolute atomic E-state index is 0.0139. The lowest BCUT2D eigenvalue weighted by atomic mass is 10.1. The normalized spacial score (nSPS) is 10.7. The lowest BCUT2D eigenvalue weighted by Crippen LogP contribution is -2.37. The molecule has 0 heterocycles. The SMILES string of the molecule is CC(C)(C)NCCC(=O)Nc1ccc(OCC#N)cc1. The maximum Gasteiger partial charge on any atom is 0.225 e. The van der Waals surface area contributed by atoms with Crippen LogP contribution in [0.1, 0.15) is 27.2 Å². The van der Waals surface area contributed by atoms with Gasteiger partial charge in [-0.1, -0.05) is 0 Å². The molecule has 0 aliphatic carbocycles. The molecule has 0 aromatic heterocycles. The molecule has 0 bridgehead atoms. The second-order valence-corrected chi connectivity index (χ2v) is 5.45. The molecule has 1 amide bonds. The lowest BCUT2D eigenvalue weighted by molar-refractivity contribution is -0.116. The van der Waals surface area contributed by atoms with Gasteiger partial charge in [0, 0.05) is 24.2 Å². The summed E-state index contributed by atoms with van der Waals surface area (Å²) < 4.78 is 5.13. The van der Waals surface area contributed by atoms with E-state index in [9.17, 15) is 4.79 Å². The van der Waals surface area contributed by atoms with Gasteiger partial charge in [0.1, 0.15) is 11.8 Å². The summed E-state index contributed by atoms with van der Waals surface area (Å²) >= 11 is 0.